The van der Waals surface area contributed by atoms with Crippen LogP contribution in [0.25, 0.3) is 0 Å². The van der Waals surface area contributed by atoms with E-state index in [0.29, 0.717) is 6.54 Å². The molecule has 0 fully saturated rings. The second kappa shape index (κ2) is 6.00. The molecular weight excluding hydrogens is 172 g/mol. The maximum Gasteiger partial charge on any atom is 0.325 e. The number of hydrogen-bond donors (Lipinski definition) is 0. The first-order valence-electron chi connectivity index (χ1n) is 3.87. The van der Waals surface area contributed by atoms with Crippen molar-refractivity contribution in [2.75, 3.05) is 20.2 Å². The third kappa shape index (κ3) is 4.11. The molecule has 72 valence electrons. The monoisotopic (exact) mass is 184 g/mol. The van der Waals surface area contributed by atoms with Gasteiger partial charge in [-0.15, -0.1) is 0 Å². The lowest BCUT2D eigenvalue weighted by atomic mass is 10.3. The van der Waals surface area contributed by atoms with Crippen molar-refractivity contribution in [3.05, 3.63) is 0 Å². The predicted octanol–water partition coefficient (Wildman–Crippen LogP) is -0.0784. The van der Waals surface area contributed by atoms with Crippen LogP contribution in [-0.2, 0) is 14.3 Å². The van der Waals surface area contributed by atoms with Crippen LogP contribution in [-0.4, -0.2) is 37.0 Å². The zero-order valence-corrected chi connectivity index (χ0v) is 7.74. The Morgan fingerprint density at radius 2 is 2.15 bits per heavy atom. The number of methoxy groups -OCH3 is 1. The molecule has 0 rings (SSSR count). The summed E-state index contributed by atoms with van der Waals surface area (Å²) in [5.74, 6) is -0.830. The summed E-state index contributed by atoms with van der Waals surface area (Å²) in [6, 6.07) is 1.73. The van der Waals surface area contributed by atoms with Gasteiger partial charge in [-0.1, -0.05) is 0 Å². The van der Waals surface area contributed by atoms with Gasteiger partial charge in [0, 0.05) is 6.54 Å². The standard InChI is InChI=1S/C8H12N2O3/c1-3-10(6-8(12)13-2)7(11)4-5-9/h3-4,6H2,1-2H3. The fourth-order valence-corrected chi connectivity index (χ4v) is 0.776. The Kier molecular flexibility index (Phi) is 5.28. The lowest BCUT2D eigenvalue weighted by Crippen LogP contribution is -2.35. The molecule has 5 nitrogen and oxygen atoms in total. The SMILES string of the molecule is CCN(CC(=O)OC)C(=O)CC#N. The Morgan fingerprint density at radius 1 is 1.54 bits per heavy atom. The van der Waals surface area contributed by atoms with Crippen LogP contribution in [0.1, 0.15) is 13.3 Å². The molecule has 0 saturated carbocycles. The van der Waals surface area contributed by atoms with Crippen molar-refractivity contribution in [3.63, 3.8) is 0 Å². The van der Waals surface area contributed by atoms with E-state index in [-0.39, 0.29) is 18.9 Å². The van der Waals surface area contributed by atoms with E-state index in [1.807, 2.05) is 0 Å². The summed E-state index contributed by atoms with van der Waals surface area (Å²) in [7, 11) is 1.25. The average molecular weight is 184 g/mol. The van der Waals surface area contributed by atoms with E-state index < -0.39 is 5.97 Å². The Bertz CT molecular complexity index is 232. The van der Waals surface area contributed by atoms with Crippen LogP contribution in [0, 0.1) is 11.3 Å². The third-order valence-corrected chi connectivity index (χ3v) is 1.51. The average Bonchev–Trinajstić information content (AvgIpc) is 2.14. The quantitative estimate of drug-likeness (QED) is 0.573. The Hall–Kier alpha value is -1.57. The number of hydrogen-bond acceptors (Lipinski definition) is 4. The molecule has 0 bridgehead atoms. The van der Waals surface area contributed by atoms with E-state index in [1.165, 1.54) is 12.0 Å². The molecule has 1 amide bonds. The minimum Gasteiger partial charge on any atom is -0.468 e. The Morgan fingerprint density at radius 3 is 2.54 bits per heavy atom. The van der Waals surface area contributed by atoms with Gasteiger partial charge in [0.05, 0.1) is 13.2 Å². The van der Waals surface area contributed by atoms with Crippen molar-refractivity contribution < 1.29 is 14.3 Å². The zero-order chi connectivity index (χ0) is 10.3. The third-order valence-electron chi connectivity index (χ3n) is 1.51. The lowest BCUT2D eigenvalue weighted by molar-refractivity contribution is -0.146. The molecule has 0 aliphatic heterocycles. The molecule has 0 aromatic carbocycles. The normalized spacial score (nSPS) is 8.69. The molecule has 0 aliphatic rings. The molecule has 0 N–H and O–H groups in total. The second-order valence-electron chi connectivity index (χ2n) is 2.32. The van der Waals surface area contributed by atoms with E-state index in [1.54, 1.807) is 13.0 Å². The Balaban J connectivity index is 4.11. The lowest BCUT2D eigenvalue weighted by Gasteiger charge is -2.17. The molecule has 0 aliphatic carbocycles. The summed E-state index contributed by atoms with van der Waals surface area (Å²) in [5.41, 5.74) is 0. The Labute approximate surface area is 76.9 Å². The van der Waals surface area contributed by atoms with E-state index in [4.69, 9.17) is 5.26 Å². The van der Waals surface area contributed by atoms with Gasteiger partial charge < -0.3 is 9.64 Å². The van der Waals surface area contributed by atoms with Crippen LogP contribution < -0.4 is 0 Å². The molecule has 0 saturated heterocycles. The number of nitriles is 1. The summed E-state index contributed by atoms with van der Waals surface area (Å²) in [6.07, 6.45) is -0.204. The molecule has 0 atom stereocenters. The number of ether oxygens (including phenoxy) is 1. The van der Waals surface area contributed by atoms with Crippen molar-refractivity contribution >= 4 is 11.9 Å². The molecule has 0 aromatic rings. The van der Waals surface area contributed by atoms with Crippen LogP contribution in [0.15, 0.2) is 0 Å². The number of carbonyl (C=O) groups excluding carboxylic acids is 2. The summed E-state index contributed by atoms with van der Waals surface area (Å²) in [5, 5.41) is 8.26. The van der Waals surface area contributed by atoms with Gasteiger partial charge in [-0.25, -0.2) is 0 Å². The first-order valence-corrected chi connectivity index (χ1v) is 3.87. The van der Waals surface area contributed by atoms with Crippen LogP contribution in [0.3, 0.4) is 0 Å². The largest absolute Gasteiger partial charge is 0.468 e. The molecule has 13 heavy (non-hydrogen) atoms. The molecular formula is C8H12N2O3. The summed E-state index contributed by atoms with van der Waals surface area (Å²) in [6.45, 7) is 2.04. The van der Waals surface area contributed by atoms with Crippen molar-refractivity contribution in [1.29, 1.82) is 5.26 Å². The zero-order valence-electron chi connectivity index (χ0n) is 7.74. The summed E-state index contributed by atoms with van der Waals surface area (Å²) in [4.78, 5) is 23.2. The molecule has 5 heteroatoms. The highest BCUT2D eigenvalue weighted by molar-refractivity contribution is 5.83. The van der Waals surface area contributed by atoms with Crippen molar-refractivity contribution in [3.8, 4) is 6.07 Å². The number of likely N-dealkylation sites (N-methyl/N-ethyl adjacent to an activating group) is 1. The van der Waals surface area contributed by atoms with Crippen molar-refractivity contribution in [1.82, 2.24) is 4.90 Å². The van der Waals surface area contributed by atoms with E-state index in [9.17, 15) is 9.59 Å². The predicted molar refractivity (Wildman–Crippen MR) is 44.5 cm³/mol. The maximum atomic E-state index is 11.1. The minimum absolute atomic E-state index is 0.0898. The van der Waals surface area contributed by atoms with Gasteiger partial charge in [-0.3, -0.25) is 9.59 Å². The van der Waals surface area contributed by atoms with E-state index >= 15 is 0 Å². The minimum atomic E-state index is -0.479. The van der Waals surface area contributed by atoms with Gasteiger partial charge in [0.1, 0.15) is 13.0 Å². The van der Waals surface area contributed by atoms with Gasteiger partial charge in [0.2, 0.25) is 5.91 Å². The summed E-state index contributed by atoms with van der Waals surface area (Å²) >= 11 is 0. The molecule has 0 spiro atoms. The van der Waals surface area contributed by atoms with Gasteiger partial charge in [0.15, 0.2) is 0 Å². The van der Waals surface area contributed by atoms with Crippen LogP contribution >= 0.6 is 0 Å². The van der Waals surface area contributed by atoms with Gasteiger partial charge in [-0.2, -0.15) is 5.26 Å². The fourth-order valence-electron chi connectivity index (χ4n) is 0.776. The number of rotatable bonds is 4. The maximum absolute atomic E-state index is 11.1. The number of carbonyl (C=O) groups is 2. The van der Waals surface area contributed by atoms with Gasteiger partial charge in [-0.05, 0) is 6.92 Å². The first-order chi connectivity index (χ1) is 6.15. The number of esters is 1. The van der Waals surface area contributed by atoms with E-state index in [0.717, 1.165) is 0 Å². The van der Waals surface area contributed by atoms with Crippen molar-refractivity contribution in [2.24, 2.45) is 0 Å². The second-order valence-corrected chi connectivity index (χ2v) is 2.32. The smallest absolute Gasteiger partial charge is 0.325 e. The molecule has 0 radical (unpaired) electrons. The summed E-state index contributed by atoms with van der Waals surface area (Å²) < 4.78 is 4.40. The fraction of sp³-hybridized carbons (Fsp3) is 0.625. The number of amides is 1. The van der Waals surface area contributed by atoms with E-state index in [2.05, 4.69) is 4.74 Å². The highest BCUT2D eigenvalue weighted by Gasteiger charge is 2.14. The van der Waals surface area contributed by atoms with Gasteiger partial charge >= 0.3 is 5.97 Å². The molecule has 0 aromatic heterocycles. The van der Waals surface area contributed by atoms with Crippen LogP contribution in [0.2, 0.25) is 0 Å². The van der Waals surface area contributed by atoms with Crippen molar-refractivity contribution in [2.45, 2.75) is 13.3 Å². The van der Waals surface area contributed by atoms with Gasteiger partial charge in [0.25, 0.3) is 0 Å². The van der Waals surface area contributed by atoms with Crippen LogP contribution in [0.5, 0.6) is 0 Å². The topological polar surface area (TPSA) is 70.4 Å². The first kappa shape index (κ1) is 11.4. The molecule has 0 heterocycles. The van der Waals surface area contributed by atoms with Crippen LogP contribution in [0.4, 0.5) is 0 Å². The molecule has 0 unspecified atom stereocenters. The number of nitrogens with zero attached hydrogens (tertiary/aromatic N) is 2. The highest BCUT2D eigenvalue weighted by atomic mass is 16.5. The highest BCUT2D eigenvalue weighted by Crippen LogP contribution is 1.93.